The zero-order valence-electron chi connectivity index (χ0n) is 21.9. The average molecular weight is 567 g/mol. The zero-order chi connectivity index (χ0) is 27.5. The predicted octanol–water partition coefficient (Wildman–Crippen LogP) is 5.02. The molecule has 0 aliphatic carbocycles. The normalized spacial score (nSPS) is 14.4. The van der Waals surface area contributed by atoms with Crippen molar-refractivity contribution in [3.8, 4) is 22.6 Å². The van der Waals surface area contributed by atoms with Crippen molar-refractivity contribution in [1.82, 2.24) is 24.8 Å². The van der Waals surface area contributed by atoms with Gasteiger partial charge in [0.15, 0.2) is 0 Å². The van der Waals surface area contributed by atoms with Gasteiger partial charge in [-0.05, 0) is 25.2 Å². The van der Waals surface area contributed by atoms with Crippen molar-refractivity contribution in [3.05, 3.63) is 70.2 Å². The molecule has 0 saturated carbocycles. The van der Waals surface area contributed by atoms with Gasteiger partial charge >= 0.3 is 0 Å². The average Bonchev–Trinajstić information content (AvgIpc) is 2.95. The summed E-state index contributed by atoms with van der Waals surface area (Å²) in [6, 6.07) is 8.84. The number of rotatable bonds is 7. The number of hydrogen-bond acceptors (Lipinski definition) is 8. The van der Waals surface area contributed by atoms with E-state index in [1.165, 1.54) is 20.4 Å². The Morgan fingerprint density at radius 1 is 0.923 bits per heavy atom. The van der Waals surface area contributed by atoms with Gasteiger partial charge in [-0.2, -0.15) is 0 Å². The molecule has 1 amide bonds. The van der Waals surface area contributed by atoms with Crippen molar-refractivity contribution in [2.24, 2.45) is 0 Å². The molecule has 0 atom stereocenters. The van der Waals surface area contributed by atoms with Crippen LogP contribution in [0.15, 0.2) is 48.9 Å². The first-order chi connectivity index (χ1) is 18.9. The number of methoxy groups -OCH3 is 2. The second-order valence-electron chi connectivity index (χ2n) is 9.27. The number of hydrogen-bond donors (Lipinski definition) is 1. The number of fused-ring (bicyclic) bond motifs is 1. The summed E-state index contributed by atoms with van der Waals surface area (Å²) in [5.74, 6) is 0.465. The summed E-state index contributed by atoms with van der Waals surface area (Å²) < 4.78 is 10.8. The standard InChI is InChI=1S/C28H28Cl2N6O3/c1-35-10-12-36(13-11-35)16-18-5-4-17(15-33-18)34-28(37)20-7-6-19(26-27(20)32-9-8-31-26)23-24(29)21(38-2)14-22(39-3)25(23)30/h4-9,14-15H,10-13,16H2,1-3H3,(H,34,37). The van der Waals surface area contributed by atoms with E-state index in [0.717, 1.165) is 38.4 Å². The van der Waals surface area contributed by atoms with E-state index >= 15 is 0 Å². The Balaban J connectivity index is 1.42. The molecule has 39 heavy (non-hydrogen) atoms. The fourth-order valence-electron chi connectivity index (χ4n) is 4.59. The monoisotopic (exact) mass is 566 g/mol. The van der Waals surface area contributed by atoms with Gasteiger partial charge in [-0.25, -0.2) is 0 Å². The Morgan fingerprint density at radius 2 is 1.59 bits per heavy atom. The number of benzene rings is 2. The third-order valence-corrected chi connectivity index (χ3v) is 7.53. The number of pyridine rings is 1. The van der Waals surface area contributed by atoms with Gasteiger partial charge in [-0.3, -0.25) is 24.6 Å². The molecule has 1 fully saturated rings. The highest BCUT2D eigenvalue weighted by molar-refractivity contribution is 6.41. The SMILES string of the molecule is COc1cc(OC)c(Cl)c(-c2ccc(C(=O)Nc3ccc(CN4CCN(C)CC4)nc3)c3nccnc23)c1Cl. The van der Waals surface area contributed by atoms with Gasteiger partial charge in [-0.1, -0.05) is 29.3 Å². The summed E-state index contributed by atoms with van der Waals surface area (Å²) >= 11 is 13.3. The van der Waals surface area contributed by atoms with Gasteiger partial charge in [0.05, 0.1) is 52.9 Å². The molecule has 4 aromatic rings. The van der Waals surface area contributed by atoms with Crippen molar-refractivity contribution in [2.45, 2.75) is 6.54 Å². The van der Waals surface area contributed by atoms with Gasteiger partial charge in [0.25, 0.3) is 5.91 Å². The van der Waals surface area contributed by atoms with Crippen LogP contribution in [0.2, 0.25) is 10.0 Å². The summed E-state index contributed by atoms with van der Waals surface area (Å²) in [5, 5.41) is 3.53. The van der Waals surface area contributed by atoms with Gasteiger partial charge in [0, 0.05) is 62.3 Å². The molecular weight excluding hydrogens is 539 g/mol. The lowest BCUT2D eigenvalue weighted by Crippen LogP contribution is -2.43. The molecule has 1 N–H and O–H groups in total. The van der Waals surface area contributed by atoms with E-state index < -0.39 is 0 Å². The second-order valence-corrected chi connectivity index (χ2v) is 10.0. The van der Waals surface area contributed by atoms with Crippen LogP contribution in [-0.2, 0) is 6.54 Å². The third kappa shape index (κ3) is 5.62. The zero-order valence-corrected chi connectivity index (χ0v) is 23.4. The van der Waals surface area contributed by atoms with E-state index in [1.54, 1.807) is 30.6 Å². The van der Waals surface area contributed by atoms with Gasteiger partial charge < -0.3 is 19.7 Å². The first-order valence-corrected chi connectivity index (χ1v) is 13.2. The number of aromatic nitrogens is 3. The van der Waals surface area contributed by atoms with Crippen LogP contribution in [0.5, 0.6) is 11.5 Å². The molecule has 1 aliphatic heterocycles. The number of amides is 1. The number of ether oxygens (including phenoxy) is 2. The van der Waals surface area contributed by atoms with E-state index in [-0.39, 0.29) is 5.91 Å². The Bertz CT molecular complexity index is 1480. The van der Waals surface area contributed by atoms with Crippen LogP contribution in [0.4, 0.5) is 5.69 Å². The summed E-state index contributed by atoms with van der Waals surface area (Å²) in [4.78, 5) is 31.6. The lowest BCUT2D eigenvalue weighted by Gasteiger charge is -2.32. The lowest BCUT2D eigenvalue weighted by molar-refractivity contribution is 0.102. The minimum Gasteiger partial charge on any atom is -0.495 e. The minimum absolute atomic E-state index is 0.301. The number of carbonyl (C=O) groups is 1. The summed E-state index contributed by atoms with van der Waals surface area (Å²) in [7, 11) is 5.16. The topological polar surface area (TPSA) is 92.7 Å². The third-order valence-electron chi connectivity index (χ3n) is 6.78. The molecule has 9 nitrogen and oxygen atoms in total. The molecule has 1 saturated heterocycles. The molecule has 0 unspecified atom stereocenters. The molecule has 202 valence electrons. The molecule has 11 heteroatoms. The van der Waals surface area contributed by atoms with Crippen molar-refractivity contribution in [1.29, 1.82) is 0 Å². The van der Waals surface area contributed by atoms with E-state index in [2.05, 4.69) is 37.1 Å². The number of nitrogens with zero attached hydrogens (tertiary/aromatic N) is 5. The maximum absolute atomic E-state index is 13.3. The summed E-state index contributed by atoms with van der Waals surface area (Å²) in [6.07, 6.45) is 4.76. The Hall–Kier alpha value is -3.50. The molecular formula is C28H28Cl2N6O3. The molecule has 3 heterocycles. The molecule has 0 spiro atoms. The van der Waals surface area contributed by atoms with Gasteiger partial charge in [-0.15, -0.1) is 0 Å². The molecule has 5 rings (SSSR count). The second kappa shape index (κ2) is 11.7. The highest BCUT2D eigenvalue weighted by Crippen LogP contribution is 2.47. The summed E-state index contributed by atoms with van der Waals surface area (Å²) in [5.41, 5.74) is 3.84. The number of likely N-dealkylation sites (N-methyl/N-ethyl adjacent to an activating group) is 1. The first kappa shape index (κ1) is 27.1. The van der Waals surface area contributed by atoms with Crippen LogP contribution in [0.1, 0.15) is 16.1 Å². The number of carbonyl (C=O) groups excluding carboxylic acids is 1. The number of nitrogens with one attached hydrogen (secondary N) is 1. The molecule has 0 radical (unpaired) electrons. The van der Waals surface area contributed by atoms with Gasteiger partial charge in [0.2, 0.25) is 0 Å². The van der Waals surface area contributed by atoms with Crippen LogP contribution < -0.4 is 14.8 Å². The highest BCUT2D eigenvalue weighted by Gasteiger charge is 2.23. The quantitative estimate of drug-likeness (QED) is 0.333. The maximum atomic E-state index is 13.3. The Kier molecular flexibility index (Phi) is 8.13. The van der Waals surface area contributed by atoms with Crippen molar-refractivity contribution < 1.29 is 14.3 Å². The fourth-order valence-corrected chi connectivity index (χ4v) is 5.29. The Morgan fingerprint density at radius 3 is 2.21 bits per heavy atom. The highest BCUT2D eigenvalue weighted by atomic mass is 35.5. The fraction of sp³-hybridized carbons (Fsp3) is 0.286. The number of halogens is 2. The van der Waals surface area contributed by atoms with Crippen molar-refractivity contribution >= 4 is 45.8 Å². The van der Waals surface area contributed by atoms with E-state index in [9.17, 15) is 4.79 Å². The number of anilines is 1. The minimum atomic E-state index is -0.332. The van der Waals surface area contributed by atoms with Crippen LogP contribution in [0, 0.1) is 0 Å². The molecule has 2 aromatic carbocycles. The number of piperazine rings is 1. The van der Waals surface area contributed by atoms with E-state index in [1.807, 2.05) is 12.1 Å². The van der Waals surface area contributed by atoms with Crippen LogP contribution in [0.3, 0.4) is 0 Å². The van der Waals surface area contributed by atoms with Crippen LogP contribution in [-0.4, -0.2) is 78.1 Å². The van der Waals surface area contributed by atoms with Crippen LogP contribution in [0.25, 0.3) is 22.2 Å². The van der Waals surface area contributed by atoms with E-state index in [0.29, 0.717) is 55.0 Å². The maximum Gasteiger partial charge on any atom is 0.257 e. The smallest absolute Gasteiger partial charge is 0.257 e. The Labute approximate surface area is 236 Å². The molecule has 1 aliphatic rings. The van der Waals surface area contributed by atoms with Crippen molar-refractivity contribution in [3.63, 3.8) is 0 Å². The summed E-state index contributed by atoms with van der Waals surface area (Å²) in [6.45, 7) is 4.91. The van der Waals surface area contributed by atoms with Crippen LogP contribution >= 0.6 is 23.2 Å². The predicted molar refractivity (Wildman–Crippen MR) is 153 cm³/mol. The molecule has 0 bridgehead atoms. The largest absolute Gasteiger partial charge is 0.495 e. The van der Waals surface area contributed by atoms with E-state index in [4.69, 9.17) is 32.7 Å². The first-order valence-electron chi connectivity index (χ1n) is 12.4. The lowest BCUT2D eigenvalue weighted by atomic mass is 9.99. The van der Waals surface area contributed by atoms with Crippen molar-refractivity contribution in [2.75, 3.05) is 52.8 Å². The van der Waals surface area contributed by atoms with Gasteiger partial charge in [0.1, 0.15) is 17.0 Å². The molecule has 2 aromatic heterocycles.